The van der Waals surface area contributed by atoms with Crippen LogP contribution in [0.3, 0.4) is 0 Å². The molecule has 140 valence electrons. The van der Waals surface area contributed by atoms with E-state index < -0.39 is 21.8 Å². The number of primary sulfonamides is 1. The Morgan fingerprint density at radius 2 is 1.74 bits per heavy atom. The van der Waals surface area contributed by atoms with E-state index in [1.165, 1.54) is 35.0 Å². The van der Waals surface area contributed by atoms with Crippen molar-refractivity contribution in [3.05, 3.63) is 48.0 Å². The number of halogens is 3. The first-order valence-corrected chi connectivity index (χ1v) is 9.16. The van der Waals surface area contributed by atoms with Crippen LogP contribution >= 0.6 is 0 Å². The molecule has 0 aliphatic rings. The van der Waals surface area contributed by atoms with Crippen LogP contribution in [0.4, 0.5) is 13.2 Å². The zero-order valence-electron chi connectivity index (χ0n) is 13.8. The van der Waals surface area contributed by atoms with Crippen LogP contribution in [-0.4, -0.2) is 28.0 Å². The minimum atomic E-state index is -4.44. The minimum Gasteiger partial charge on any atom is -0.293 e. The van der Waals surface area contributed by atoms with Crippen molar-refractivity contribution in [3.63, 3.8) is 0 Å². The molecule has 0 fully saturated rings. The topological polar surface area (TPSA) is 95.8 Å². The third-order valence-electron chi connectivity index (χ3n) is 4.25. The summed E-state index contributed by atoms with van der Waals surface area (Å²) in [5.41, 5.74) is 1.18. The van der Waals surface area contributed by atoms with Crippen LogP contribution < -0.4 is 5.14 Å². The second kappa shape index (κ2) is 5.54. The van der Waals surface area contributed by atoms with E-state index in [2.05, 4.69) is 10.3 Å². The maximum absolute atomic E-state index is 12.8. The van der Waals surface area contributed by atoms with Gasteiger partial charge in [0.2, 0.25) is 10.0 Å². The molecule has 0 amide bonds. The molecule has 0 spiro atoms. The van der Waals surface area contributed by atoms with E-state index in [4.69, 9.17) is 5.14 Å². The molecule has 2 N–H and O–H groups in total. The molecule has 0 aliphatic carbocycles. The number of benzene rings is 2. The smallest absolute Gasteiger partial charge is 0.293 e. The molecule has 27 heavy (non-hydrogen) atoms. The lowest BCUT2D eigenvalue weighted by Crippen LogP contribution is -2.11. The fraction of sp³-hybridized carbons (Fsp3) is 0.125. The first-order chi connectivity index (χ1) is 12.6. The lowest BCUT2D eigenvalue weighted by atomic mass is 10.2. The molecule has 2 aromatic heterocycles. The molecular weight excluding hydrogens is 383 g/mol. The fourth-order valence-electron chi connectivity index (χ4n) is 3.03. The van der Waals surface area contributed by atoms with Gasteiger partial charge in [0.15, 0.2) is 5.65 Å². The highest BCUT2D eigenvalue weighted by Gasteiger charge is 2.30. The van der Waals surface area contributed by atoms with E-state index in [-0.39, 0.29) is 4.90 Å². The van der Waals surface area contributed by atoms with Gasteiger partial charge in [-0.2, -0.15) is 13.2 Å². The Morgan fingerprint density at radius 1 is 1.07 bits per heavy atom. The highest BCUT2D eigenvalue weighted by atomic mass is 32.2. The lowest BCUT2D eigenvalue weighted by Gasteiger charge is -2.11. The highest BCUT2D eigenvalue weighted by molar-refractivity contribution is 7.89. The third-order valence-corrected chi connectivity index (χ3v) is 5.17. The molecule has 2 aromatic carbocycles. The molecule has 7 nitrogen and oxygen atoms in total. The zero-order valence-corrected chi connectivity index (χ0v) is 14.6. The van der Waals surface area contributed by atoms with Crippen molar-refractivity contribution in [2.45, 2.75) is 11.1 Å². The predicted octanol–water partition coefficient (Wildman–Crippen LogP) is 2.58. The van der Waals surface area contributed by atoms with Crippen LogP contribution in [0.25, 0.3) is 27.8 Å². The van der Waals surface area contributed by atoms with Crippen molar-refractivity contribution in [2.75, 3.05) is 0 Å². The van der Waals surface area contributed by atoms with E-state index >= 15 is 0 Å². The Bertz CT molecular complexity index is 1290. The maximum atomic E-state index is 12.8. The number of aryl methyl sites for hydroxylation is 1. The average Bonchev–Trinajstić information content (AvgIpc) is 3.11. The maximum Gasteiger partial charge on any atom is 0.416 e. The van der Waals surface area contributed by atoms with Gasteiger partial charge in [-0.25, -0.2) is 18.2 Å². The summed E-state index contributed by atoms with van der Waals surface area (Å²) in [5.74, 6) is 0. The number of hydrogen-bond acceptors (Lipinski definition) is 4. The van der Waals surface area contributed by atoms with E-state index in [1.54, 1.807) is 11.6 Å². The van der Waals surface area contributed by atoms with Crippen LogP contribution in [0.2, 0.25) is 0 Å². The van der Waals surface area contributed by atoms with Gasteiger partial charge in [-0.3, -0.25) is 4.57 Å². The van der Waals surface area contributed by atoms with E-state index in [0.29, 0.717) is 27.8 Å². The predicted molar refractivity (Wildman–Crippen MR) is 91.7 cm³/mol. The summed E-state index contributed by atoms with van der Waals surface area (Å²) in [7, 11) is -2.29. The number of fused-ring (bicyclic) bond motifs is 3. The number of nitrogens with zero attached hydrogens (tertiary/aromatic N) is 4. The molecule has 0 bridgehead atoms. The van der Waals surface area contributed by atoms with Crippen molar-refractivity contribution in [1.82, 2.24) is 19.6 Å². The second-order valence-corrected chi connectivity index (χ2v) is 7.55. The molecule has 0 saturated heterocycles. The van der Waals surface area contributed by atoms with Crippen molar-refractivity contribution in [1.29, 1.82) is 0 Å². The molecule has 4 rings (SSSR count). The highest BCUT2D eigenvalue weighted by Crippen LogP contribution is 2.34. The first kappa shape index (κ1) is 17.5. The molecule has 0 atom stereocenters. The summed E-state index contributed by atoms with van der Waals surface area (Å²) in [4.78, 5) is -0.0906. The van der Waals surface area contributed by atoms with Gasteiger partial charge in [-0.05, 0) is 42.5 Å². The molecule has 0 unspecified atom stereocenters. The summed E-state index contributed by atoms with van der Waals surface area (Å²) < 4.78 is 64.9. The standard InChI is InChI=1S/C16H12F3N5O2S/c1-23-15-14(21-22-23)12-8-11(27(20,25)26)6-7-13(12)24(15)10-4-2-9(3-5-10)16(17,18)19/h2-8H,1H3,(H2,20,25,26). The van der Waals surface area contributed by atoms with Crippen LogP contribution in [0.15, 0.2) is 47.4 Å². The molecular formula is C16H12F3N5O2S. The fourth-order valence-corrected chi connectivity index (χ4v) is 3.57. The number of aromatic nitrogens is 4. The molecule has 0 saturated carbocycles. The van der Waals surface area contributed by atoms with Crippen LogP contribution in [0.1, 0.15) is 5.56 Å². The number of alkyl halides is 3. The van der Waals surface area contributed by atoms with E-state index in [9.17, 15) is 21.6 Å². The van der Waals surface area contributed by atoms with Crippen molar-refractivity contribution >= 4 is 32.1 Å². The Labute approximate surface area is 150 Å². The molecule has 0 aliphatic heterocycles. The van der Waals surface area contributed by atoms with Crippen molar-refractivity contribution in [3.8, 4) is 5.69 Å². The summed E-state index contributed by atoms with van der Waals surface area (Å²) >= 11 is 0. The Kier molecular flexibility index (Phi) is 3.59. The monoisotopic (exact) mass is 395 g/mol. The Balaban J connectivity index is 2.03. The lowest BCUT2D eigenvalue weighted by molar-refractivity contribution is -0.137. The van der Waals surface area contributed by atoms with Gasteiger partial charge < -0.3 is 0 Å². The van der Waals surface area contributed by atoms with Gasteiger partial charge in [0.05, 0.1) is 16.0 Å². The minimum absolute atomic E-state index is 0.0906. The SMILES string of the molecule is Cn1nnc2c3cc(S(N)(=O)=O)ccc3n(-c3ccc(C(F)(F)F)cc3)c21. The van der Waals surface area contributed by atoms with E-state index in [0.717, 1.165) is 12.1 Å². The molecule has 4 aromatic rings. The zero-order chi connectivity index (χ0) is 19.6. The molecule has 2 heterocycles. The summed E-state index contributed by atoms with van der Waals surface area (Å²) in [5, 5.41) is 13.6. The summed E-state index contributed by atoms with van der Waals surface area (Å²) in [6.45, 7) is 0. The van der Waals surface area contributed by atoms with Crippen LogP contribution in [-0.2, 0) is 23.2 Å². The quantitative estimate of drug-likeness (QED) is 0.564. The Morgan fingerprint density at radius 3 is 2.33 bits per heavy atom. The first-order valence-electron chi connectivity index (χ1n) is 7.61. The van der Waals surface area contributed by atoms with E-state index in [1.807, 2.05) is 0 Å². The number of rotatable bonds is 2. The summed E-state index contributed by atoms with van der Waals surface area (Å²) in [6.07, 6.45) is -4.44. The van der Waals surface area contributed by atoms with Crippen LogP contribution in [0.5, 0.6) is 0 Å². The molecule has 0 radical (unpaired) electrons. The average molecular weight is 395 g/mol. The van der Waals surface area contributed by atoms with Crippen molar-refractivity contribution < 1.29 is 21.6 Å². The third kappa shape index (κ3) is 2.75. The Hall–Kier alpha value is -2.92. The van der Waals surface area contributed by atoms with Gasteiger partial charge >= 0.3 is 6.18 Å². The largest absolute Gasteiger partial charge is 0.416 e. The van der Waals surface area contributed by atoms with Gasteiger partial charge in [0.25, 0.3) is 0 Å². The number of nitrogens with two attached hydrogens (primary N) is 1. The molecule has 11 heteroatoms. The van der Waals surface area contributed by atoms with Gasteiger partial charge in [0.1, 0.15) is 5.52 Å². The number of hydrogen-bond donors (Lipinski definition) is 1. The van der Waals surface area contributed by atoms with Gasteiger partial charge in [-0.15, -0.1) is 5.10 Å². The number of sulfonamides is 1. The summed E-state index contributed by atoms with van der Waals surface area (Å²) in [6, 6.07) is 8.89. The van der Waals surface area contributed by atoms with Gasteiger partial charge in [0, 0.05) is 18.1 Å². The van der Waals surface area contributed by atoms with Crippen LogP contribution in [0, 0.1) is 0 Å². The van der Waals surface area contributed by atoms with Crippen molar-refractivity contribution in [2.24, 2.45) is 12.2 Å². The van der Waals surface area contributed by atoms with Gasteiger partial charge in [-0.1, -0.05) is 5.21 Å². The normalized spacial score (nSPS) is 12.9. The second-order valence-electron chi connectivity index (χ2n) is 5.99.